The van der Waals surface area contributed by atoms with Crippen molar-refractivity contribution in [3.05, 3.63) is 60.3 Å². The van der Waals surface area contributed by atoms with Gasteiger partial charge in [0.1, 0.15) is 5.75 Å². The molecular formula is C18H14N4O. The van der Waals surface area contributed by atoms with E-state index in [0.717, 1.165) is 5.69 Å². The van der Waals surface area contributed by atoms with Crippen molar-refractivity contribution >= 4 is 17.5 Å². The molecule has 112 valence electrons. The predicted molar refractivity (Wildman–Crippen MR) is 91.2 cm³/mol. The van der Waals surface area contributed by atoms with E-state index < -0.39 is 0 Å². The van der Waals surface area contributed by atoms with Crippen molar-refractivity contribution in [1.82, 2.24) is 9.97 Å². The highest BCUT2D eigenvalue weighted by molar-refractivity contribution is 5.80. The van der Waals surface area contributed by atoms with Gasteiger partial charge in [0.15, 0.2) is 5.82 Å². The smallest absolute Gasteiger partial charge is 0.222 e. The number of anilines is 3. The van der Waals surface area contributed by atoms with Crippen molar-refractivity contribution in [2.75, 3.05) is 11.1 Å². The summed E-state index contributed by atoms with van der Waals surface area (Å²) < 4.78 is 0. The third kappa shape index (κ3) is 3.57. The Morgan fingerprint density at radius 2 is 1.78 bits per heavy atom. The number of rotatable bonds is 2. The maximum absolute atomic E-state index is 9.16. The van der Waals surface area contributed by atoms with Crippen LogP contribution in [0, 0.1) is 12.3 Å². The van der Waals surface area contributed by atoms with Crippen molar-refractivity contribution < 1.29 is 5.11 Å². The zero-order valence-electron chi connectivity index (χ0n) is 12.2. The van der Waals surface area contributed by atoms with E-state index in [1.807, 2.05) is 0 Å². The van der Waals surface area contributed by atoms with Gasteiger partial charge in [0.2, 0.25) is 5.95 Å². The fourth-order valence-corrected chi connectivity index (χ4v) is 1.95. The zero-order chi connectivity index (χ0) is 16.2. The topological polar surface area (TPSA) is 84.1 Å². The van der Waals surface area contributed by atoms with Crippen molar-refractivity contribution in [2.24, 2.45) is 0 Å². The van der Waals surface area contributed by atoms with Gasteiger partial charge in [-0.25, -0.2) is 4.98 Å². The predicted octanol–water partition coefficient (Wildman–Crippen LogP) is 3.16. The monoisotopic (exact) mass is 302 g/mol. The quantitative estimate of drug-likeness (QED) is 0.391. The second-order valence-corrected chi connectivity index (χ2v) is 4.89. The highest BCUT2D eigenvalue weighted by Gasteiger charge is 2.07. The number of nitrogens with one attached hydrogen (secondary N) is 1. The van der Waals surface area contributed by atoms with Gasteiger partial charge in [0.05, 0.1) is 11.8 Å². The number of hydrogen-bond acceptors (Lipinski definition) is 5. The molecule has 5 nitrogen and oxygen atoms in total. The summed E-state index contributed by atoms with van der Waals surface area (Å²) in [5, 5.41) is 12.2. The van der Waals surface area contributed by atoms with E-state index in [9.17, 15) is 0 Å². The van der Waals surface area contributed by atoms with Gasteiger partial charge >= 0.3 is 0 Å². The van der Waals surface area contributed by atoms with Crippen LogP contribution in [0.2, 0.25) is 0 Å². The molecule has 0 unspecified atom stereocenters. The largest absolute Gasteiger partial charge is 0.508 e. The number of aromatic hydroxyl groups is 1. The Kier molecular flexibility index (Phi) is 3.81. The minimum atomic E-state index is 0.144. The molecule has 0 amide bonds. The molecule has 4 rings (SSSR count). The molecule has 0 saturated carbocycles. The van der Waals surface area contributed by atoms with Gasteiger partial charge in [-0.2, -0.15) is 4.98 Å². The van der Waals surface area contributed by atoms with Crippen molar-refractivity contribution in [1.29, 1.82) is 0 Å². The maximum atomic E-state index is 9.16. The van der Waals surface area contributed by atoms with Crippen molar-refractivity contribution in [3.63, 3.8) is 0 Å². The molecule has 5 heteroatoms. The lowest BCUT2D eigenvalue weighted by atomic mass is 10.2. The number of phenols is 1. The van der Waals surface area contributed by atoms with Gasteiger partial charge in [-0.3, -0.25) is 0 Å². The van der Waals surface area contributed by atoms with E-state index in [2.05, 4.69) is 45.5 Å². The van der Waals surface area contributed by atoms with E-state index in [-0.39, 0.29) is 11.7 Å². The number of nitrogens with two attached hydrogens (primary N) is 1. The van der Waals surface area contributed by atoms with Gasteiger partial charge in [0, 0.05) is 5.69 Å². The van der Waals surface area contributed by atoms with E-state index in [4.69, 9.17) is 17.3 Å². The first-order valence-electron chi connectivity index (χ1n) is 6.91. The molecule has 0 spiro atoms. The Bertz CT molecular complexity index is 865. The van der Waals surface area contributed by atoms with E-state index in [0.29, 0.717) is 11.4 Å². The van der Waals surface area contributed by atoms with Crippen LogP contribution in [0.4, 0.5) is 17.5 Å². The van der Waals surface area contributed by atoms with Crippen molar-refractivity contribution in [3.8, 4) is 29.2 Å². The summed E-state index contributed by atoms with van der Waals surface area (Å²) in [7, 11) is 0. The van der Waals surface area contributed by atoms with Crippen LogP contribution in [0.15, 0.2) is 54.7 Å². The number of benzene rings is 2. The number of nitrogen functional groups attached to an aromatic ring is 1. The Morgan fingerprint density at radius 3 is 2.30 bits per heavy atom. The summed E-state index contributed by atoms with van der Waals surface area (Å²) in [5.41, 5.74) is 9.61. The SMILES string of the molecule is C#Cc1cnc(N)nc1Nc1ccc(O)cc1.c1cc2cc-2c1. The molecule has 0 radical (unpaired) electrons. The van der Waals surface area contributed by atoms with Crippen LogP contribution in [-0.4, -0.2) is 15.1 Å². The molecule has 0 saturated heterocycles. The molecule has 0 fully saturated rings. The highest BCUT2D eigenvalue weighted by Crippen LogP contribution is 2.32. The molecule has 2 aliphatic rings. The molecule has 0 bridgehead atoms. The first-order valence-corrected chi connectivity index (χ1v) is 6.91. The highest BCUT2D eigenvalue weighted by atomic mass is 16.3. The number of aromatic nitrogens is 2. The summed E-state index contributed by atoms with van der Waals surface area (Å²) in [6, 6.07) is 15.0. The lowest BCUT2D eigenvalue weighted by molar-refractivity contribution is 0.475. The van der Waals surface area contributed by atoms with Gasteiger partial charge in [-0.1, -0.05) is 24.1 Å². The number of phenolic OH excluding ortho intramolecular Hbond substituents is 1. The van der Waals surface area contributed by atoms with Crippen LogP contribution in [0.3, 0.4) is 0 Å². The number of fused-ring (bicyclic) bond motifs is 1. The van der Waals surface area contributed by atoms with Crippen LogP contribution in [-0.2, 0) is 0 Å². The average molecular weight is 302 g/mol. The minimum absolute atomic E-state index is 0.144. The van der Waals surface area contributed by atoms with Crippen molar-refractivity contribution in [2.45, 2.75) is 0 Å². The van der Waals surface area contributed by atoms with Gasteiger partial charge in [0.25, 0.3) is 0 Å². The van der Waals surface area contributed by atoms with Crippen LogP contribution in [0.5, 0.6) is 5.75 Å². The molecular weight excluding hydrogens is 288 g/mol. The molecule has 0 aliphatic heterocycles. The summed E-state index contributed by atoms with van der Waals surface area (Å²) in [6.45, 7) is 0. The summed E-state index contributed by atoms with van der Waals surface area (Å²) in [5.74, 6) is 3.26. The second kappa shape index (κ2) is 6.08. The van der Waals surface area contributed by atoms with Crippen LogP contribution in [0.1, 0.15) is 5.56 Å². The number of hydrogen-bond donors (Lipinski definition) is 3. The average Bonchev–Trinajstić information content (AvgIpc) is 3.16. The molecule has 1 heterocycles. The molecule has 1 aromatic heterocycles. The summed E-state index contributed by atoms with van der Waals surface area (Å²) in [6.07, 6.45) is 6.80. The van der Waals surface area contributed by atoms with E-state index in [1.54, 1.807) is 24.3 Å². The molecule has 2 aromatic rings. The van der Waals surface area contributed by atoms with Crippen LogP contribution < -0.4 is 11.1 Å². The van der Waals surface area contributed by atoms with Gasteiger partial charge in [-0.15, -0.1) is 6.42 Å². The number of terminal acetylenes is 1. The molecule has 4 N–H and O–H groups in total. The van der Waals surface area contributed by atoms with Crippen LogP contribution >= 0.6 is 0 Å². The Labute approximate surface area is 133 Å². The summed E-state index contributed by atoms with van der Waals surface area (Å²) >= 11 is 0. The van der Waals surface area contributed by atoms with Gasteiger partial charge < -0.3 is 16.2 Å². The Balaban J connectivity index is 0.000000213. The van der Waals surface area contributed by atoms with Gasteiger partial charge in [-0.05, 0) is 41.5 Å². The molecule has 1 aromatic carbocycles. The van der Waals surface area contributed by atoms with Crippen LogP contribution in [0.25, 0.3) is 11.1 Å². The maximum Gasteiger partial charge on any atom is 0.222 e. The lowest BCUT2D eigenvalue weighted by Crippen LogP contribution is -2.02. The van der Waals surface area contributed by atoms with E-state index >= 15 is 0 Å². The Morgan fingerprint density at radius 1 is 1.09 bits per heavy atom. The fourth-order valence-electron chi connectivity index (χ4n) is 1.95. The standard InChI is InChI=1S/C12H10N4O.C6H4/c1-2-8-7-14-12(13)16-11(8)15-9-3-5-10(17)6-4-9;1-2-5-4-6(5)3-1/h1,3-7,17H,(H3,13,14,15,16);1-4H. The Hall–Kier alpha value is -3.52. The molecule has 2 aliphatic carbocycles. The molecule has 23 heavy (non-hydrogen) atoms. The summed E-state index contributed by atoms with van der Waals surface area (Å²) in [4.78, 5) is 7.82. The molecule has 0 atom stereocenters. The third-order valence-electron chi connectivity index (χ3n) is 3.21. The zero-order valence-corrected chi connectivity index (χ0v) is 12.2. The minimum Gasteiger partial charge on any atom is -0.508 e. The fraction of sp³-hybridized carbons (Fsp3) is 0. The first-order chi connectivity index (χ1) is 11.2. The normalized spacial score (nSPS) is 10.0. The second-order valence-electron chi connectivity index (χ2n) is 4.89. The third-order valence-corrected chi connectivity index (χ3v) is 3.21. The number of nitrogens with zero attached hydrogens (tertiary/aromatic N) is 2. The first kappa shape index (κ1) is 14.4. The lowest BCUT2D eigenvalue weighted by Gasteiger charge is -2.07. The van der Waals surface area contributed by atoms with E-state index in [1.165, 1.54) is 17.3 Å².